The highest BCUT2D eigenvalue weighted by Crippen LogP contribution is 2.30. The Balaban J connectivity index is 1.54. The van der Waals surface area contributed by atoms with Gasteiger partial charge in [0, 0.05) is 16.3 Å². The number of ether oxygens (including phenoxy) is 1. The van der Waals surface area contributed by atoms with Crippen LogP contribution in [0.1, 0.15) is 31.9 Å². The fourth-order valence-corrected chi connectivity index (χ4v) is 4.39. The number of aromatic nitrogens is 3. The summed E-state index contributed by atoms with van der Waals surface area (Å²) in [5, 5.41) is 14.1. The summed E-state index contributed by atoms with van der Waals surface area (Å²) in [6.45, 7) is 6.55. The van der Waals surface area contributed by atoms with E-state index < -0.39 is 0 Å². The number of halogens is 1. The number of carbonyl (C=O) groups excluding carboxylic acids is 1. The number of methoxy groups -OCH3 is 1. The molecule has 0 aliphatic rings. The second kappa shape index (κ2) is 11.6. The second-order valence-corrected chi connectivity index (χ2v) is 10.7. The van der Waals surface area contributed by atoms with E-state index in [0.717, 1.165) is 22.6 Å². The molecule has 1 N–H and O–H groups in total. The Morgan fingerprint density at radius 2 is 1.70 bits per heavy atom. The topological polar surface area (TPSA) is 81.4 Å². The van der Waals surface area contributed by atoms with Crippen molar-refractivity contribution in [3.8, 4) is 22.8 Å². The summed E-state index contributed by atoms with van der Waals surface area (Å²) in [7, 11) is 1.63. The molecule has 9 heteroatoms. The predicted octanol–water partition coefficient (Wildman–Crippen LogP) is 6.14. The standard InChI is InChI=1S/C28H28ClN5O2S/c1-28(2,3)21-9-7-20(8-10-21)26-32-33-27(34(26)23-13-15-24(36-4)16-14-23)37-18-25(35)31-30-17-19-5-11-22(29)12-6-19/h5-17H,18H2,1-4H3,(H,31,35)/b30-17-. The van der Waals surface area contributed by atoms with E-state index in [1.54, 1.807) is 25.5 Å². The number of carbonyl (C=O) groups is 1. The van der Waals surface area contributed by atoms with Crippen LogP contribution in [0, 0.1) is 0 Å². The third-order valence-electron chi connectivity index (χ3n) is 5.58. The molecule has 0 spiro atoms. The number of amides is 1. The highest BCUT2D eigenvalue weighted by Gasteiger charge is 2.19. The van der Waals surface area contributed by atoms with Gasteiger partial charge in [-0.15, -0.1) is 10.2 Å². The molecule has 7 nitrogen and oxygen atoms in total. The van der Waals surface area contributed by atoms with Crippen molar-refractivity contribution in [3.63, 3.8) is 0 Å². The van der Waals surface area contributed by atoms with Crippen molar-refractivity contribution in [1.29, 1.82) is 0 Å². The van der Waals surface area contributed by atoms with Gasteiger partial charge < -0.3 is 4.74 Å². The van der Waals surface area contributed by atoms with Crippen molar-refractivity contribution < 1.29 is 9.53 Å². The minimum absolute atomic E-state index is 0.0482. The van der Waals surface area contributed by atoms with Crippen LogP contribution in [-0.2, 0) is 10.2 Å². The van der Waals surface area contributed by atoms with Crippen molar-refractivity contribution in [3.05, 3.63) is 88.9 Å². The second-order valence-electron chi connectivity index (χ2n) is 9.30. The lowest BCUT2D eigenvalue weighted by molar-refractivity contribution is -0.118. The van der Waals surface area contributed by atoms with Crippen LogP contribution < -0.4 is 10.2 Å². The molecule has 0 radical (unpaired) electrons. The number of hydrogen-bond acceptors (Lipinski definition) is 6. The Bertz CT molecular complexity index is 1380. The zero-order valence-corrected chi connectivity index (χ0v) is 22.7. The molecule has 1 aromatic heterocycles. The molecule has 0 saturated heterocycles. The molecule has 0 saturated carbocycles. The number of hydrazone groups is 1. The fourth-order valence-electron chi connectivity index (χ4n) is 3.52. The summed E-state index contributed by atoms with van der Waals surface area (Å²) < 4.78 is 7.26. The van der Waals surface area contributed by atoms with Crippen molar-refractivity contribution in [1.82, 2.24) is 20.2 Å². The SMILES string of the molecule is COc1ccc(-n2c(SCC(=O)N/N=C\c3ccc(Cl)cc3)nnc2-c2ccc(C(C)(C)C)cc2)cc1. The van der Waals surface area contributed by atoms with Crippen LogP contribution in [0.4, 0.5) is 0 Å². The summed E-state index contributed by atoms with van der Waals surface area (Å²) >= 11 is 7.18. The van der Waals surface area contributed by atoms with Gasteiger partial charge in [-0.3, -0.25) is 9.36 Å². The lowest BCUT2D eigenvalue weighted by atomic mass is 9.87. The molecular formula is C28H28ClN5O2S. The van der Waals surface area contributed by atoms with E-state index in [2.05, 4.69) is 65.8 Å². The largest absolute Gasteiger partial charge is 0.497 e. The average molecular weight is 534 g/mol. The molecule has 1 amide bonds. The Morgan fingerprint density at radius 1 is 1.03 bits per heavy atom. The first kappa shape index (κ1) is 26.4. The summed E-state index contributed by atoms with van der Waals surface area (Å²) in [5.41, 5.74) is 6.46. The van der Waals surface area contributed by atoms with Gasteiger partial charge in [0.05, 0.1) is 19.1 Å². The lowest BCUT2D eigenvalue weighted by Gasteiger charge is -2.19. The van der Waals surface area contributed by atoms with E-state index in [1.807, 2.05) is 41.0 Å². The zero-order chi connectivity index (χ0) is 26.4. The molecule has 3 aromatic carbocycles. The maximum Gasteiger partial charge on any atom is 0.250 e. The molecular weight excluding hydrogens is 506 g/mol. The Kier molecular flexibility index (Phi) is 8.31. The van der Waals surface area contributed by atoms with Crippen LogP contribution in [0.5, 0.6) is 5.75 Å². The van der Waals surface area contributed by atoms with Crippen molar-refractivity contribution in [2.24, 2.45) is 5.10 Å². The quantitative estimate of drug-likeness (QED) is 0.167. The average Bonchev–Trinajstić information content (AvgIpc) is 3.32. The van der Waals surface area contributed by atoms with Gasteiger partial charge in [0.25, 0.3) is 5.91 Å². The van der Waals surface area contributed by atoms with E-state index in [-0.39, 0.29) is 17.1 Å². The molecule has 0 bridgehead atoms. The summed E-state index contributed by atoms with van der Waals surface area (Å²) in [4.78, 5) is 12.5. The minimum atomic E-state index is -0.254. The first-order chi connectivity index (χ1) is 17.7. The normalized spacial score (nSPS) is 11.6. The summed E-state index contributed by atoms with van der Waals surface area (Å²) in [6.07, 6.45) is 1.57. The zero-order valence-electron chi connectivity index (χ0n) is 21.1. The van der Waals surface area contributed by atoms with Gasteiger partial charge in [0.15, 0.2) is 11.0 Å². The van der Waals surface area contributed by atoms with Gasteiger partial charge >= 0.3 is 0 Å². The Hall–Kier alpha value is -3.62. The third-order valence-corrected chi connectivity index (χ3v) is 6.76. The van der Waals surface area contributed by atoms with Gasteiger partial charge in [-0.2, -0.15) is 5.10 Å². The van der Waals surface area contributed by atoms with Crippen molar-refractivity contribution in [2.75, 3.05) is 12.9 Å². The van der Waals surface area contributed by atoms with Crippen molar-refractivity contribution in [2.45, 2.75) is 31.3 Å². The maximum absolute atomic E-state index is 12.5. The molecule has 190 valence electrons. The van der Waals surface area contributed by atoms with E-state index in [0.29, 0.717) is 16.0 Å². The highest BCUT2D eigenvalue weighted by atomic mass is 35.5. The Labute approximate surface area is 225 Å². The third kappa shape index (κ3) is 6.78. The molecule has 37 heavy (non-hydrogen) atoms. The number of nitrogens with zero attached hydrogens (tertiary/aromatic N) is 4. The van der Waals surface area contributed by atoms with Gasteiger partial charge in [-0.1, -0.05) is 80.5 Å². The molecule has 0 unspecified atom stereocenters. The van der Waals surface area contributed by atoms with Crippen LogP contribution in [0.3, 0.4) is 0 Å². The summed E-state index contributed by atoms with van der Waals surface area (Å²) in [5.74, 6) is 1.31. The minimum Gasteiger partial charge on any atom is -0.497 e. The van der Waals surface area contributed by atoms with E-state index in [4.69, 9.17) is 16.3 Å². The lowest BCUT2D eigenvalue weighted by Crippen LogP contribution is -2.20. The van der Waals surface area contributed by atoms with Gasteiger partial charge in [0.1, 0.15) is 5.75 Å². The first-order valence-corrected chi connectivity index (χ1v) is 13.0. The van der Waals surface area contributed by atoms with Crippen molar-refractivity contribution >= 4 is 35.5 Å². The van der Waals surface area contributed by atoms with Crippen LogP contribution >= 0.6 is 23.4 Å². The van der Waals surface area contributed by atoms with Crippen LogP contribution in [0.25, 0.3) is 17.1 Å². The maximum atomic E-state index is 12.5. The van der Waals surface area contributed by atoms with Crippen LogP contribution in [0.15, 0.2) is 83.1 Å². The van der Waals surface area contributed by atoms with Gasteiger partial charge in [0.2, 0.25) is 0 Å². The Morgan fingerprint density at radius 3 is 2.32 bits per heavy atom. The van der Waals surface area contributed by atoms with Gasteiger partial charge in [-0.05, 0) is 52.9 Å². The number of rotatable bonds is 8. The van der Waals surface area contributed by atoms with Crippen LogP contribution in [0.2, 0.25) is 5.02 Å². The molecule has 0 fully saturated rings. The number of thioether (sulfide) groups is 1. The number of benzene rings is 3. The molecule has 0 aliphatic heterocycles. The monoisotopic (exact) mass is 533 g/mol. The number of hydrogen-bond donors (Lipinski definition) is 1. The molecule has 1 heterocycles. The molecule has 0 atom stereocenters. The molecule has 4 aromatic rings. The van der Waals surface area contributed by atoms with Gasteiger partial charge in [-0.25, -0.2) is 5.43 Å². The van der Waals surface area contributed by atoms with E-state index in [1.165, 1.54) is 17.3 Å². The number of nitrogens with one attached hydrogen (secondary N) is 1. The summed E-state index contributed by atoms with van der Waals surface area (Å²) in [6, 6.07) is 23.1. The highest BCUT2D eigenvalue weighted by molar-refractivity contribution is 7.99. The fraction of sp³-hybridized carbons (Fsp3) is 0.214. The molecule has 4 rings (SSSR count). The smallest absolute Gasteiger partial charge is 0.250 e. The predicted molar refractivity (Wildman–Crippen MR) is 150 cm³/mol. The molecule has 0 aliphatic carbocycles. The van der Waals surface area contributed by atoms with E-state index in [9.17, 15) is 4.79 Å². The first-order valence-electron chi connectivity index (χ1n) is 11.7. The van der Waals surface area contributed by atoms with Crippen LogP contribution in [-0.4, -0.2) is 39.7 Å². The van der Waals surface area contributed by atoms with E-state index >= 15 is 0 Å².